The first-order valence-corrected chi connectivity index (χ1v) is 33.0. The summed E-state index contributed by atoms with van der Waals surface area (Å²) < 4.78 is 16.9. The highest BCUT2D eigenvalue weighted by atomic mass is 16.6. The van der Waals surface area contributed by atoms with Crippen molar-refractivity contribution in [2.45, 2.75) is 309 Å². The van der Waals surface area contributed by atoms with E-state index in [-0.39, 0.29) is 31.1 Å². The first-order valence-electron chi connectivity index (χ1n) is 33.0. The summed E-state index contributed by atoms with van der Waals surface area (Å²) >= 11 is 0. The minimum absolute atomic E-state index is 0.0826. The van der Waals surface area contributed by atoms with Gasteiger partial charge in [0, 0.05) is 19.3 Å². The van der Waals surface area contributed by atoms with Gasteiger partial charge >= 0.3 is 17.9 Å². The van der Waals surface area contributed by atoms with Crippen LogP contribution in [0.1, 0.15) is 303 Å². The molecule has 0 heterocycles. The standard InChI is InChI=1S/C73H122O6/c1-4-7-10-13-16-19-22-24-26-28-29-30-31-32-33-34-35-36-37-38-39-40-41-42-43-45-46-48-51-54-57-60-63-66-72(75)78-69-70(68-77-71(74)65-62-59-56-53-50-21-18-15-12-9-6-3)79-73(76)67-64-61-58-55-52-49-47-44-27-25-23-20-17-14-11-8-5-2/h7,10,16-17,19-20,24-27,29-30,32-33,35-36,38-39,41-42,70H,4-6,8-9,11-15,18,21-23,28,31,34,37,40,43-69H2,1-3H3/b10-7-,19-16-,20-17-,26-24-,27-25-,30-29-,33-32-,36-35-,39-38-,42-41-. The third-order valence-corrected chi connectivity index (χ3v) is 14.0. The second kappa shape index (κ2) is 66.3. The molecule has 0 bridgehead atoms. The molecule has 6 nitrogen and oxygen atoms in total. The summed E-state index contributed by atoms with van der Waals surface area (Å²) in [4.78, 5) is 38.3. The van der Waals surface area contributed by atoms with Crippen LogP contribution < -0.4 is 0 Å². The van der Waals surface area contributed by atoms with E-state index in [0.717, 1.165) is 128 Å². The molecule has 0 aromatic heterocycles. The molecule has 79 heavy (non-hydrogen) atoms. The maximum absolute atomic E-state index is 12.9. The van der Waals surface area contributed by atoms with E-state index >= 15 is 0 Å². The van der Waals surface area contributed by atoms with E-state index in [2.05, 4.69) is 142 Å². The minimum Gasteiger partial charge on any atom is -0.462 e. The Morgan fingerprint density at radius 3 is 0.797 bits per heavy atom. The molecule has 0 radical (unpaired) electrons. The predicted molar refractivity (Wildman–Crippen MR) is 343 cm³/mol. The summed E-state index contributed by atoms with van der Waals surface area (Å²) in [6.45, 7) is 6.50. The maximum atomic E-state index is 12.9. The number of hydrogen-bond donors (Lipinski definition) is 0. The van der Waals surface area contributed by atoms with E-state index in [4.69, 9.17) is 14.2 Å². The fraction of sp³-hybridized carbons (Fsp3) is 0.685. The van der Waals surface area contributed by atoms with Gasteiger partial charge in [0.05, 0.1) is 0 Å². The molecule has 0 spiro atoms. The van der Waals surface area contributed by atoms with Crippen LogP contribution in [-0.4, -0.2) is 37.2 Å². The van der Waals surface area contributed by atoms with Crippen LogP contribution in [0.4, 0.5) is 0 Å². The van der Waals surface area contributed by atoms with E-state index in [1.54, 1.807) is 0 Å². The van der Waals surface area contributed by atoms with Crippen molar-refractivity contribution < 1.29 is 28.6 Å². The van der Waals surface area contributed by atoms with E-state index in [1.165, 1.54) is 135 Å². The molecular weight excluding hydrogens is 973 g/mol. The molecular formula is C73H122O6. The molecule has 0 fully saturated rings. The quantitative estimate of drug-likeness (QED) is 0.0261. The van der Waals surface area contributed by atoms with Gasteiger partial charge < -0.3 is 14.2 Å². The van der Waals surface area contributed by atoms with E-state index in [9.17, 15) is 14.4 Å². The molecule has 0 saturated heterocycles. The number of unbranched alkanes of at least 4 members (excludes halogenated alkanes) is 28. The number of rotatable bonds is 59. The first kappa shape index (κ1) is 74.8. The van der Waals surface area contributed by atoms with Crippen LogP contribution in [0, 0.1) is 0 Å². The number of ether oxygens (including phenoxy) is 3. The SMILES string of the molecule is CC/C=C\C/C=C\C/C=C\C/C=C\C/C=C\C/C=C\C/C=C\C/C=C\CCCCCCCCCCC(=O)OCC(COC(=O)CCCCCCCCCCCCC)OC(=O)CCCCCCCCC/C=C\C/C=C\CCCCC. The van der Waals surface area contributed by atoms with Gasteiger partial charge in [-0.1, -0.05) is 290 Å². The number of hydrogen-bond acceptors (Lipinski definition) is 6. The molecule has 0 rings (SSSR count). The second-order valence-electron chi connectivity index (χ2n) is 21.6. The van der Waals surface area contributed by atoms with Crippen LogP contribution in [0.25, 0.3) is 0 Å². The van der Waals surface area contributed by atoms with Crippen molar-refractivity contribution in [3.63, 3.8) is 0 Å². The number of esters is 3. The zero-order valence-electron chi connectivity index (χ0n) is 51.6. The predicted octanol–water partition coefficient (Wildman–Crippen LogP) is 22.8. The summed E-state index contributed by atoms with van der Waals surface area (Å²) in [7, 11) is 0. The minimum atomic E-state index is -0.787. The number of carbonyl (C=O) groups is 3. The van der Waals surface area contributed by atoms with Gasteiger partial charge in [0.25, 0.3) is 0 Å². The molecule has 0 aromatic carbocycles. The molecule has 0 aliphatic rings. The second-order valence-corrected chi connectivity index (χ2v) is 21.6. The molecule has 0 amide bonds. The van der Waals surface area contributed by atoms with Gasteiger partial charge in [-0.25, -0.2) is 0 Å². The normalized spacial score (nSPS) is 12.9. The lowest BCUT2D eigenvalue weighted by Crippen LogP contribution is -2.30. The largest absolute Gasteiger partial charge is 0.462 e. The summed E-state index contributed by atoms with van der Waals surface area (Å²) in [5.41, 5.74) is 0. The molecule has 0 aromatic rings. The van der Waals surface area contributed by atoms with E-state index in [0.29, 0.717) is 19.3 Å². The van der Waals surface area contributed by atoms with Crippen molar-refractivity contribution in [2.24, 2.45) is 0 Å². The first-order chi connectivity index (χ1) is 39.0. The Morgan fingerprint density at radius 1 is 0.266 bits per heavy atom. The van der Waals surface area contributed by atoms with Crippen LogP contribution in [0.5, 0.6) is 0 Å². The molecule has 6 heteroatoms. The number of allylic oxidation sites excluding steroid dienone is 20. The summed E-state index contributed by atoms with van der Waals surface area (Å²) in [5.74, 6) is -0.894. The smallest absolute Gasteiger partial charge is 0.306 e. The van der Waals surface area contributed by atoms with Gasteiger partial charge in [0.2, 0.25) is 0 Å². The van der Waals surface area contributed by atoms with Crippen molar-refractivity contribution >= 4 is 17.9 Å². The van der Waals surface area contributed by atoms with E-state index < -0.39 is 6.10 Å². The van der Waals surface area contributed by atoms with Crippen molar-refractivity contribution in [3.8, 4) is 0 Å². The molecule has 1 unspecified atom stereocenters. The Hall–Kier alpha value is -4.19. The van der Waals surface area contributed by atoms with Crippen LogP contribution >= 0.6 is 0 Å². The van der Waals surface area contributed by atoms with Crippen molar-refractivity contribution in [2.75, 3.05) is 13.2 Å². The highest BCUT2D eigenvalue weighted by Gasteiger charge is 2.19. The fourth-order valence-corrected chi connectivity index (χ4v) is 9.02. The van der Waals surface area contributed by atoms with Gasteiger partial charge in [-0.15, -0.1) is 0 Å². The Balaban J connectivity index is 4.25. The zero-order valence-corrected chi connectivity index (χ0v) is 51.6. The molecule has 0 N–H and O–H groups in total. The third-order valence-electron chi connectivity index (χ3n) is 14.0. The Labute approximate surface area is 488 Å². The average Bonchev–Trinajstić information content (AvgIpc) is 3.45. The highest BCUT2D eigenvalue weighted by Crippen LogP contribution is 2.16. The lowest BCUT2D eigenvalue weighted by molar-refractivity contribution is -0.167. The molecule has 0 saturated carbocycles. The number of carbonyl (C=O) groups excluding carboxylic acids is 3. The van der Waals surface area contributed by atoms with Crippen LogP contribution in [0.3, 0.4) is 0 Å². The molecule has 450 valence electrons. The van der Waals surface area contributed by atoms with Gasteiger partial charge in [0.15, 0.2) is 6.10 Å². The molecule has 1 atom stereocenters. The highest BCUT2D eigenvalue weighted by molar-refractivity contribution is 5.71. The monoisotopic (exact) mass is 1090 g/mol. The van der Waals surface area contributed by atoms with Crippen LogP contribution in [0.15, 0.2) is 122 Å². The molecule has 0 aliphatic carbocycles. The van der Waals surface area contributed by atoms with Gasteiger partial charge in [0.1, 0.15) is 13.2 Å². The Kier molecular flexibility index (Phi) is 62.8. The third kappa shape index (κ3) is 64.5. The Morgan fingerprint density at radius 2 is 0.494 bits per heavy atom. The lowest BCUT2D eigenvalue weighted by atomic mass is 10.1. The Bertz CT molecular complexity index is 1640. The fourth-order valence-electron chi connectivity index (χ4n) is 9.02. The summed E-state index contributed by atoms with van der Waals surface area (Å²) in [5, 5.41) is 0. The van der Waals surface area contributed by atoms with Crippen molar-refractivity contribution in [1.82, 2.24) is 0 Å². The average molecular weight is 1100 g/mol. The summed E-state index contributed by atoms with van der Waals surface area (Å²) in [6.07, 6.45) is 92.1. The van der Waals surface area contributed by atoms with Crippen LogP contribution in [-0.2, 0) is 28.6 Å². The lowest BCUT2D eigenvalue weighted by Gasteiger charge is -2.18. The maximum Gasteiger partial charge on any atom is 0.306 e. The van der Waals surface area contributed by atoms with E-state index in [1.807, 2.05) is 0 Å². The van der Waals surface area contributed by atoms with Gasteiger partial charge in [-0.2, -0.15) is 0 Å². The summed E-state index contributed by atoms with van der Waals surface area (Å²) in [6, 6.07) is 0. The van der Waals surface area contributed by atoms with Crippen LogP contribution in [0.2, 0.25) is 0 Å². The van der Waals surface area contributed by atoms with Crippen molar-refractivity contribution in [1.29, 1.82) is 0 Å². The zero-order chi connectivity index (χ0) is 57.1. The van der Waals surface area contributed by atoms with Gasteiger partial charge in [-0.05, 0) is 116 Å². The van der Waals surface area contributed by atoms with Crippen molar-refractivity contribution in [3.05, 3.63) is 122 Å². The molecule has 0 aliphatic heterocycles. The van der Waals surface area contributed by atoms with Gasteiger partial charge in [-0.3, -0.25) is 14.4 Å². The topological polar surface area (TPSA) is 78.9 Å².